The third-order valence-corrected chi connectivity index (χ3v) is 6.25. The van der Waals surface area contributed by atoms with Gasteiger partial charge < -0.3 is 4.74 Å². The Morgan fingerprint density at radius 3 is 2.82 bits per heavy atom. The molecule has 1 aromatic heterocycles. The van der Waals surface area contributed by atoms with E-state index in [0.717, 1.165) is 29.0 Å². The molecule has 28 heavy (non-hydrogen) atoms. The number of hydrogen-bond acceptors (Lipinski definition) is 4. The molecule has 0 saturated carbocycles. The summed E-state index contributed by atoms with van der Waals surface area (Å²) < 4.78 is 5.63. The Labute approximate surface area is 177 Å². The standard InChI is InChI=1S/C21H18Cl2N2O2S/c22-18-7-4-13(9-19(18)23)8-17-11-24-21(28-17)25-20(26)12-27-16-6-5-14-2-1-3-15(14)10-16/h4-7,9-11H,1-3,8,12H2,(H,24,25,26). The second-order valence-corrected chi connectivity index (χ2v) is 8.61. The Morgan fingerprint density at radius 1 is 1.11 bits per heavy atom. The topological polar surface area (TPSA) is 51.2 Å². The molecule has 4 nitrogen and oxygen atoms in total. The molecule has 0 atom stereocenters. The van der Waals surface area contributed by atoms with E-state index in [1.54, 1.807) is 12.3 Å². The number of anilines is 1. The predicted molar refractivity (Wildman–Crippen MR) is 114 cm³/mol. The van der Waals surface area contributed by atoms with Gasteiger partial charge in [0.1, 0.15) is 5.75 Å². The molecule has 144 valence electrons. The number of aryl methyl sites for hydroxylation is 2. The SMILES string of the molecule is O=C(COc1ccc2c(c1)CCC2)Nc1ncc(Cc2ccc(Cl)c(Cl)c2)s1. The number of benzene rings is 2. The van der Waals surface area contributed by atoms with Crippen molar-refractivity contribution < 1.29 is 9.53 Å². The Hall–Kier alpha value is -2.08. The van der Waals surface area contributed by atoms with Crippen LogP contribution in [0.4, 0.5) is 5.13 Å². The van der Waals surface area contributed by atoms with Gasteiger partial charge in [0.05, 0.1) is 10.0 Å². The van der Waals surface area contributed by atoms with Crippen LogP contribution in [0.3, 0.4) is 0 Å². The average molecular weight is 433 g/mol. The number of ether oxygens (including phenoxy) is 1. The van der Waals surface area contributed by atoms with Crippen molar-refractivity contribution in [1.29, 1.82) is 0 Å². The van der Waals surface area contributed by atoms with E-state index >= 15 is 0 Å². The lowest BCUT2D eigenvalue weighted by atomic mass is 10.1. The number of halogens is 2. The predicted octanol–water partition coefficient (Wildman–Crippen LogP) is 5.55. The highest BCUT2D eigenvalue weighted by Gasteiger charge is 2.13. The summed E-state index contributed by atoms with van der Waals surface area (Å²) in [5.74, 6) is 0.506. The first kappa shape index (κ1) is 19.2. The fourth-order valence-corrected chi connectivity index (χ4v) is 4.42. The highest BCUT2D eigenvalue weighted by Crippen LogP contribution is 2.27. The summed E-state index contributed by atoms with van der Waals surface area (Å²) in [6.07, 6.45) is 5.83. The number of nitrogens with zero attached hydrogens (tertiary/aromatic N) is 1. The molecule has 0 radical (unpaired) electrons. The third-order valence-electron chi connectivity index (χ3n) is 4.60. The molecule has 0 bridgehead atoms. The zero-order valence-electron chi connectivity index (χ0n) is 15.0. The van der Waals surface area contributed by atoms with Crippen LogP contribution in [0.25, 0.3) is 0 Å². The fourth-order valence-electron chi connectivity index (χ4n) is 3.24. The normalized spacial score (nSPS) is 12.6. The Morgan fingerprint density at radius 2 is 1.96 bits per heavy atom. The lowest BCUT2D eigenvalue weighted by Gasteiger charge is -2.07. The maximum atomic E-state index is 12.2. The van der Waals surface area contributed by atoms with E-state index in [0.29, 0.717) is 21.6 Å². The average Bonchev–Trinajstić information content (AvgIpc) is 3.32. The molecule has 3 aromatic rings. The summed E-state index contributed by atoms with van der Waals surface area (Å²) >= 11 is 13.4. The van der Waals surface area contributed by atoms with E-state index in [4.69, 9.17) is 27.9 Å². The van der Waals surface area contributed by atoms with Gasteiger partial charge in [-0.25, -0.2) is 4.98 Å². The number of hydrogen-bond donors (Lipinski definition) is 1. The van der Waals surface area contributed by atoms with Crippen LogP contribution >= 0.6 is 34.5 Å². The Balaban J connectivity index is 1.30. The first-order chi connectivity index (χ1) is 13.6. The summed E-state index contributed by atoms with van der Waals surface area (Å²) in [5.41, 5.74) is 3.75. The number of nitrogens with one attached hydrogen (secondary N) is 1. The van der Waals surface area contributed by atoms with Crippen LogP contribution in [-0.4, -0.2) is 17.5 Å². The molecule has 2 aromatic carbocycles. The van der Waals surface area contributed by atoms with Gasteiger partial charge in [0.2, 0.25) is 0 Å². The lowest BCUT2D eigenvalue weighted by Crippen LogP contribution is -2.20. The number of aromatic nitrogens is 1. The zero-order chi connectivity index (χ0) is 19.5. The summed E-state index contributed by atoms with van der Waals surface area (Å²) in [6, 6.07) is 11.6. The molecule has 1 aliphatic carbocycles. The first-order valence-electron chi connectivity index (χ1n) is 9.00. The van der Waals surface area contributed by atoms with Crippen molar-refractivity contribution in [1.82, 2.24) is 4.98 Å². The molecule has 1 aliphatic rings. The number of carbonyl (C=O) groups excluding carboxylic acids is 1. The van der Waals surface area contributed by atoms with Crippen LogP contribution in [0.5, 0.6) is 5.75 Å². The molecule has 4 rings (SSSR count). The van der Waals surface area contributed by atoms with E-state index in [1.807, 2.05) is 24.3 Å². The van der Waals surface area contributed by atoms with Crippen molar-refractivity contribution in [2.24, 2.45) is 0 Å². The zero-order valence-corrected chi connectivity index (χ0v) is 17.3. The minimum atomic E-state index is -0.226. The molecule has 1 heterocycles. The quantitative estimate of drug-likeness (QED) is 0.555. The number of fused-ring (bicyclic) bond motifs is 1. The summed E-state index contributed by atoms with van der Waals surface area (Å²) in [6.45, 7) is -0.0412. The minimum Gasteiger partial charge on any atom is -0.484 e. The second kappa shape index (κ2) is 8.52. The van der Waals surface area contributed by atoms with Crippen LogP contribution in [0.2, 0.25) is 10.0 Å². The van der Waals surface area contributed by atoms with E-state index < -0.39 is 0 Å². The highest BCUT2D eigenvalue weighted by atomic mass is 35.5. The van der Waals surface area contributed by atoms with Gasteiger partial charge in [-0.15, -0.1) is 11.3 Å². The lowest BCUT2D eigenvalue weighted by molar-refractivity contribution is -0.118. The van der Waals surface area contributed by atoms with Gasteiger partial charge in [0, 0.05) is 17.5 Å². The van der Waals surface area contributed by atoms with Crippen LogP contribution in [0.1, 0.15) is 28.0 Å². The molecule has 1 N–H and O–H groups in total. The van der Waals surface area contributed by atoms with Crippen molar-refractivity contribution in [3.05, 3.63) is 74.2 Å². The maximum Gasteiger partial charge on any atom is 0.264 e. The molecule has 0 spiro atoms. The van der Waals surface area contributed by atoms with Crippen molar-refractivity contribution >= 4 is 45.6 Å². The maximum absolute atomic E-state index is 12.2. The molecule has 0 saturated heterocycles. The van der Waals surface area contributed by atoms with Crippen LogP contribution < -0.4 is 10.1 Å². The van der Waals surface area contributed by atoms with Gasteiger partial charge in [-0.2, -0.15) is 0 Å². The fraction of sp³-hybridized carbons (Fsp3) is 0.238. The van der Waals surface area contributed by atoms with Crippen molar-refractivity contribution in [2.45, 2.75) is 25.7 Å². The van der Waals surface area contributed by atoms with E-state index in [9.17, 15) is 4.79 Å². The van der Waals surface area contributed by atoms with E-state index in [2.05, 4.69) is 16.4 Å². The van der Waals surface area contributed by atoms with E-state index in [1.165, 1.54) is 28.9 Å². The Kier molecular flexibility index (Phi) is 5.85. The van der Waals surface area contributed by atoms with Crippen molar-refractivity contribution in [3.8, 4) is 5.75 Å². The largest absolute Gasteiger partial charge is 0.484 e. The smallest absolute Gasteiger partial charge is 0.264 e. The summed E-state index contributed by atoms with van der Waals surface area (Å²) in [4.78, 5) is 17.5. The Bertz CT molecular complexity index is 1020. The van der Waals surface area contributed by atoms with Crippen LogP contribution in [0.15, 0.2) is 42.6 Å². The summed E-state index contributed by atoms with van der Waals surface area (Å²) in [7, 11) is 0. The monoisotopic (exact) mass is 432 g/mol. The minimum absolute atomic E-state index is 0.0412. The third kappa shape index (κ3) is 4.66. The van der Waals surface area contributed by atoms with E-state index in [-0.39, 0.29) is 12.5 Å². The van der Waals surface area contributed by atoms with Gasteiger partial charge in [-0.3, -0.25) is 10.1 Å². The van der Waals surface area contributed by atoms with Crippen LogP contribution in [0, 0.1) is 0 Å². The van der Waals surface area contributed by atoms with Crippen molar-refractivity contribution in [3.63, 3.8) is 0 Å². The molecule has 0 unspecified atom stereocenters. The molecule has 7 heteroatoms. The molecule has 0 fully saturated rings. The molecule has 0 aliphatic heterocycles. The highest BCUT2D eigenvalue weighted by molar-refractivity contribution is 7.15. The number of rotatable bonds is 6. The molecule has 1 amide bonds. The first-order valence-corrected chi connectivity index (χ1v) is 10.6. The van der Waals surface area contributed by atoms with Gasteiger partial charge in [0.15, 0.2) is 11.7 Å². The van der Waals surface area contributed by atoms with Gasteiger partial charge in [-0.05, 0) is 60.2 Å². The summed E-state index contributed by atoms with van der Waals surface area (Å²) in [5, 5.41) is 4.40. The van der Waals surface area contributed by atoms with Gasteiger partial charge in [0.25, 0.3) is 5.91 Å². The number of amides is 1. The molecular weight excluding hydrogens is 415 g/mol. The number of thiazole rings is 1. The molecular formula is C21H18Cl2N2O2S. The number of carbonyl (C=O) groups is 1. The second-order valence-electron chi connectivity index (χ2n) is 6.68. The van der Waals surface area contributed by atoms with Gasteiger partial charge in [-0.1, -0.05) is 35.3 Å². The van der Waals surface area contributed by atoms with Gasteiger partial charge >= 0.3 is 0 Å². The van der Waals surface area contributed by atoms with Crippen LogP contribution in [-0.2, 0) is 24.1 Å². The van der Waals surface area contributed by atoms with Crippen molar-refractivity contribution in [2.75, 3.05) is 11.9 Å².